The summed E-state index contributed by atoms with van der Waals surface area (Å²) in [6, 6.07) is 0. The Hall–Kier alpha value is -3.41. The van der Waals surface area contributed by atoms with Gasteiger partial charge in [0.1, 0.15) is 13.2 Å². The number of unbranched alkanes of at least 4 members (excludes halogenated alkanes) is 28. The number of esters is 3. The summed E-state index contributed by atoms with van der Waals surface area (Å²) in [6.07, 6.45) is 75.7. The predicted octanol–water partition coefficient (Wildman–Crippen LogP) is 19.9. The van der Waals surface area contributed by atoms with Crippen LogP contribution in [0.4, 0.5) is 0 Å². The van der Waals surface area contributed by atoms with Crippen molar-refractivity contribution in [3.05, 3.63) is 85.1 Å². The zero-order chi connectivity index (χ0) is 50.7. The Bertz CT molecular complexity index is 1350. The zero-order valence-electron chi connectivity index (χ0n) is 46.0. The van der Waals surface area contributed by atoms with Gasteiger partial charge >= 0.3 is 17.9 Å². The highest BCUT2D eigenvalue weighted by Gasteiger charge is 2.19. The Balaban J connectivity index is 4.38. The summed E-state index contributed by atoms with van der Waals surface area (Å²) in [7, 11) is 0. The van der Waals surface area contributed by atoms with Crippen LogP contribution in [0.15, 0.2) is 85.1 Å². The van der Waals surface area contributed by atoms with E-state index in [1.54, 1.807) is 0 Å². The second-order valence-electron chi connectivity index (χ2n) is 19.5. The molecule has 0 amide bonds. The standard InChI is InChI=1S/C64H110O6/c1-4-7-10-13-16-19-22-25-27-29-30-31-32-33-34-36-37-39-42-45-48-51-54-57-63(66)69-60-61(59-68-62(65)56-53-50-47-44-41-24-21-18-15-12-9-6-3)70-64(67)58-55-52-49-46-43-40-38-35-28-26-23-20-17-14-11-8-5-2/h7,10,16,18-19,21,25,27,30-31,33-34,37,39,61H,4-6,8-9,11-15,17,20,22-24,26,28-29,32,35-36,38,40-60H2,1-3H3/b10-7-,19-16-,21-18-,27-25-,31-30-,34-33-,39-37-. The average molecular weight is 976 g/mol. The van der Waals surface area contributed by atoms with E-state index < -0.39 is 6.10 Å². The number of carbonyl (C=O) groups excluding carboxylic acids is 3. The van der Waals surface area contributed by atoms with Crippen LogP contribution in [0.1, 0.15) is 284 Å². The van der Waals surface area contributed by atoms with Crippen LogP contribution in [0.2, 0.25) is 0 Å². The average Bonchev–Trinajstić information content (AvgIpc) is 3.36. The van der Waals surface area contributed by atoms with Gasteiger partial charge in [-0.2, -0.15) is 0 Å². The molecule has 6 nitrogen and oxygen atoms in total. The van der Waals surface area contributed by atoms with E-state index in [1.807, 2.05) is 0 Å². The Morgan fingerprint density at radius 1 is 0.300 bits per heavy atom. The molecule has 70 heavy (non-hydrogen) atoms. The van der Waals surface area contributed by atoms with E-state index >= 15 is 0 Å². The van der Waals surface area contributed by atoms with E-state index in [0.29, 0.717) is 19.3 Å². The number of hydrogen-bond donors (Lipinski definition) is 0. The number of ether oxygens (including phenoxy) is 3. The van der Waals surface area contributed by atoms with Gasteiger partial charge < -0.3 is 14.2 Å². The predicted molar refractivity (Wildman–Crippen MR) is 302 cm³/mol. The van der Waals surface area contributed by atoms with E-state index in [1.165, 1.54) is 128 Å². The smallest absolute Gasteiger partial charge is 0.306 e. The SMILES string of the molecule is CC/C=C\C/C=C\C/C=C\C/C=C\C/C=C\C/C=C\CCCCCCC(=O)OCC(COC(=O)CCCCCCC/C=C\CCCCC)OC(=O)CCCCCCCCCCCCCCCCCCC. The molecule has 0 bridgehead atoms. The van der Waals surface area contributed by atoms with Gasteiger partial charge in [0.2, 0.25) is 0 Å². The molecule has 0 rings (SSSR count). The molecule has 0 saturated heterocycles. The second kappa shape index (κ2) is 58.2. The molecule has 0 aliphatic carbocycles. The Morgan fingerprint density at radius 2 is 0.557 bits per heavy atom. The van der Waals surface area contributed by atoms with Crippen molar-refractivity contribution in [3.63, 3.8) is 0 Å². The number of carbonyl (C=O) groups is 3. The maximum absolute atomic E-state index is 12.9. The van der Waals surface area contributed by atoms with Crippen molar-refractivity contribution in [2.75, 3.05) is 13.2 Å². The molecule has 0 heterocycles. The lowest BCUT2D eigenvalue weighted by atomic mass is 10.0. The minimum absolute atomic E-state index is 0.0872. The Kier molecular flexibility index (Phi) is 55.3. The van der Waals surface area contributed by atoms with Crippen molar-refractivity contribution in [2.24, 2.45) is 0 Å². The van der Waals surface area contributed by atoms with Crippen LogP contribution < -0.4 is 0 Å². The molecule has 402 valence electrons. The van der Waals surface area contributed by atoms with Crippen LogP contribution in [0.25, 0.3) is 0 Å². The Labute approximate surface area is 433 Å². The van der Waals surface area contributed by atoms with Crippen LogP contribution in [-0.4, -0.2) is 37.2 Å². The number of allylic oxidation sites excluding steroid dienone is 14. The molecule has 0 aromatic carbocycles. The summed E-state index contributed by atoms with van der Waals surface area (Å²) in [5.41, 5.74) is 0. The lowest BCUT2D eigenvalue weighted by molar-refractivity contribution is -0.167. The molecule has 0 spiro atoms. The van der Waals surface area contributed by atoms with Crippen molar-refractivity contribution < 1.29 is 28.6 Å². The molecule has 1 atom stereocenters. The van der Waals surface area contributed by atoms with Gasteiger partial charge in [-0.25, -0.2) is 0 Å². The van der Waals surface area contributed by atoms with Crippen molar-refractivity contribution in [1.29, 1.82) is 0 Å². The van der Waals surface area contributed by atoms with Crippen molar-refractivity contribution >= 4 is 17.9 Å². The molecule has 0 fully saturated rings. The molecule has 0 radical (unpaired) electrons. The molecule has 0 saturated carbocycles. The minimum atomic E-state index is -0.789. The molecule has 0 aromatic rings. The third-order valence-electron chi connectivity index (χ3n) is 12.6. The van der Waals surface area contributed by atoms with E-state index in [0.717, 1.165) is 116 Å². The summed E-state index contributed by atoms with van der Waals surface area (Å²) in [5, 5.41) is 0. The summed E-state index contributed by atoms with van der Waals surface area (Å²) >= 11 is 0. The van der Waals surface area contributed by atoms with Crippen LogP contribution in [0.5, 0.6) is 0 Å². The van der Waals surface area contributed by atoms with Gasteiger partial charge in [0, 0.05) is 19.3 Å². The third-order valence-corrected chi connectivity index (χ3v) is 12.6. The first kappa shape index (κ1) is 66.6. The van der Waals surface area contributed by atoms with Crippen LogP contribution in [-0.2, 0) is 28.6 Å². The highest BCUT2D eigenvalue weighted by molar-refractivity contribution is 5.71. The molecule has 0 aliphatic heterocycles. The lowest BCUT2D eigenvalue weighted by Crippen LogP contribution is -2.30. The maximum atomic E-state index is 12.9. The highest BCUT2D eigenvalue weighted by Crippen LogP contribution is 2.16. The quantitative estimate of drug-likeness (QED) is 0.0261. The topological polar surface area (TPSA) is 78.9 Å². The minimum Gasteiger partial charge on any atom is -0.462 e. The fourth-order valence-corrected chi connectivity index (χ4v) is 8.21. The second-order valence-corrected chi connectivity index (χ2v) is 19.5. The summed E-state index contributed by atoms with van der Waals surface area (Å²) in [5.74, 6) is -0.912. The van der Waals surface area contributed by atoms with Gasteiger partial charge in [-0.15, -0.1) is 0 Å². The fraction of sp³-hybridized carbons (Fsp3) is 0.734. The first-order valence-electron chi connectivity index (χ1n) is 29.6. The molecule has 1 unspecified atom stereocenters. The molecular formula is C64H110O6. The van der Waals surface area contributed by atoms with E-state index in [2.05, 4.69) is 106 Å². The summed E-state index contributed by atoms with van der Waals surface area (Å²) in [6.45, 7) is 6.49. The summed E-state index contributed by atoms with van der Waals surface area (Å²) < 4.78 is 16.9. The third kappa shape index (κ3) is 55.5. The fourth-order valence-electron chi connectivity index (χ4n) is 8.21. The van der Waals surface area contributed by atoms with Gasteiger partial charge in [0.05, 0.1) is 0 Å². The van der Waals surface area contributed by atoms with Gasteiger partial charge in [0.25, 0.3) is 0 Å². The van der Waals surface area contributed by atoms with Gasteiger partial charge in [-0.1, -0.05) is 254 Å². The van der Waals surface area contributed by atoms with Crippen LogP contribution in [0, 0.1) is 0 Å². The van der Waals surface area contributed by atoms with Crippen molar-refractivity contribution in [2.45, 2.75) is 290 Å². The van der Waals surface area contributed by atoms with Crippen molar-refractivity contribution in [1.82, 2.24) is 0 Å². The lowest BCUT2D eigenvalue weighted by Gasteiger charge is -2.18. The normalized spacial score (nSPS) is 12.7. The largest absolute Gasteiger partial charge is 0.462 e. The van der Waals surface area contributed by atoms with Crippen molar-refractivity contribution in [3.8, 4) is 0 Å². The molecule has 6 heteroatoms. The molecule has 0 aromatic heterocycles. The van der Waals surface area contributed by atoms with Crippen LogP contribution in [0.3, 0.4) is 0 Å². The molecule has 0 aliphatic rings. The maximum Gasteiger partial charge on any atom is 0.306 e. The molecule has 0 N–H and O–H groups in total. The first-order valence-corrected chi connectivity index (χ1v) is 29.6. The zero-order valence-corrected chi connectivity index (χ0v) is 46.0. The highest BCUT2D eigenvalue weighted by atomic mass is 16.6. The van der Waals surface area contributed by atoms with Gasteiger partial charge in [-0.05, 0) is 96.3 Å². The van der Waals surface area contributed by atoms with Crippen LogP contribution >= 0.6 is 0 Å². The van der Waals surface area contributed by atoms with E-state index in [-0.39, 0.29) is 31.1 Å². The number of rotatable bonds is 53. The molecular weight excluding hydrogens is 865 g/mol. The van der Waals surface area contributed by atoms with Gasteiger partial charge in [0.15, 0.2) is 6.10 Å². The monoisotopic (exact) mass is 975 g/mol. The van der Waals surface area contributed by atoms with Gasteiger partial charge in [-0.3, -0.25) is 14.4 Å². The Morgan fingerprint density at radius 3 is 0.914 bits per heavy atom. The van der Waals surface area contributed by atoms with E-state index in [4.69, 9.17) is 14.2 Å². The summed E-state index contributed by atoms with van der Waals surface area (Å²) in [4.78, 5) is 38.2. The van der Waals surface area contributed by atoms with E-state index in [9.17, 15) is 14.4 Å². The number of hydrogen-bond acceptors (Lipinski definition) is 6. The first-order chi connectivity index (χ1) is 34.5.